The SMILES string of the molecule is CC1CSCCN1c1ncnc2cc(N)ccc12. The van der Waals surface area contributed by atoms with E-state index in [0.29, 0.717) is 6.04 Å². The van der Waals surface area contributed by atoms with Crippen molar-refractivity contribution in [3.63, 3.8) is 0 Å². The fraction of sp³-hybridized carbons (Fsp3) is 0.385. The van der Waals surface area contributed by atoms with E-state index in [2.05, 4.69) is 21.8 Å². The summed E-state index contributed by atoms with van der Waals surface area (Å²) >= 11 is 2.00. The molecule has 0 bridgehead atoms. The number of nitrogen functional groups attached to an aromatic ring is 1. The van der Waals surface area contributed by atoms with Crippen LogP contribution in [0.15, 0.2) is 24.5 Å². The number of thioether (sulfide) groups is 1. The third-order valence-corrected chi connectivity index (χ3v) is 4.47. The predicted octanol–water partition coefficient (Wildman–Crippen LogP) is 2.15. The smallest absolute Gasteiger partial charge is 0.140 e. The number of hydrogen-bond acceptors (Lipinski definition) is 5. The Hall–Kier alpha value is -1.49. The topological polar surface area (TPSA) is 55.0 Å². The van der Waals surface area contributed by atoms with Crippen LogP contribution in [-0.2, 0) is 0 Å². The summed E-state index contributed by atoms with van der Waals surface area (Å²) in [6.07, 6.45) is 1.63. The fourth-order valence-corrected chi connectivity index (χ4v) is 3.34. The highest BCUT2D eigenvalue weighted by atomic mass is 32.2. The van der Waals surface area contributed by atoms with Gasteiger partial charge in [-0.3, -0.25) is 0 Å². The van der Waals surface area contributed by atoms with E-state index in [1.54, 1.807) is 6.33 Å². The zero-order chi connectivity index (χ0) is 12.5. The number of benzene rings is 1. The van der Waals surface area contributed by atoms with Crippen LogP contribution in [0.2, 0.25) is 0 Å². The van der Waals surface area contributed by atoms with Crippen molar-refractivity contribution in [3.05, 3.63) is 24.5 Å². The van der Waals surface area contributed by atoms with E-state index in [9.17, 15) is 0 Å². The van der Waals surface area contributed by atoms with Crippen molar-refractivity contribution in [2.24, 2.45) is 0 Å². The average Bonchev–Trinajstić information content (AvgIpc) is 2.38. The summed E-state index contributed by atoms with van der Waals surface area (Å²) in [5.41, 5.74) is 7.47. The molecule has 2 aromatic rings. The third-order valence-electron chi connectivity index (χ3n) is 3.28. The first kappa shape index (κ1) is 11.6. The monoisotopic (exact) mass is 260 g/mol. The van der Waals surface area contributed by atoms with Crippen molar-refractivity contribution in [3.8, 4) is 0 Å². The molecule has 18 heavy (non-hydrogen) atoms. The average molecular weight is 260 g/mol. The minimum atomic E-state index is 0.513. The zero-order valence-electron chi connectivity index (χ0n) is 10.3. The van der Waals surface area contributed by atoms with E-state index in [-0.39, 0.29) is 0 Å². The predicted molar refractivity (Wildman–Crippen MR) is 78.1 cm³/mol. The molecule has 1 aromatic heterocycles. The Bertz CT molecular complexity index is 572. The molecule has 2 heterocycles. The second-order valence-electron chi connectivity index (χ2n) is 4.59. The van der Waals surface area contributed by atoms with Gasteiger partial charge in [0, 0.05) is 35.2 Å². The first-order valence-electron chi connectivity index (χ1n) is 6.10. The molecule has 5 heteroatoms. The molecule has 1 unspecified atom stereocenters. The van der Waals surface area contributed by atoms with E-state index >= 15 is 0 Å². The van der Waals surface area contributed by atoms with Gasteiger partial charge in [-0.25, -0.2) is 9.97 Å². The molecule has 1 fully saturated rings. The largest absolute Gasteiger partial charge is 0.399 e. The Balaban J connectivity index is 2.10. The second kappa shape index (κ2) is 4.65. The summed E-state index contributed by atoms with van der Waals surface area (Å²) in [6, 6.07) is 6.36. The number of anilines is 2. The number of nitrogens with two attached hydrogens (primary N) is 1. The first-order valence-corrected chi connectivity index (χ1v) is 7.26. The summed E-state index contributed by atoms with van der Waals surface area (Å²) < 4.78 is 0. The number of rotatable bonds is 1. The van der Waals surface area contributed by atoms with Crippen LogP contribution < -0.4 is 10.6 Å². The Morgan fingerprint density at radius 1 is 1.39 bits per heavy atom. The van der Waals surface area contributed by atoms with Gasteiger partial charge in [-0.05, 0) is 25.1 Å². The molecule has 0 radical (unpaired) electrons. The van der Waals surface area contributed by atoms with Gasteiger partial charge < -0.3 is 10.6 Å². The third kappa shape index (κ3) is 1.99. The van der Waals surface area contributed by atoms with Gasteiger partial charge >= 0.3 is 0 Å². The Kier molecular flexibility index (Phi) is 2.99. The lowest BCUT2D eigenvalue weighted by Crippen LogP contribution is -2.41. The van der Waals surface area contributed by atoms with Gasteiger partial charge in [-0.15, -0.1) is 0 Å². The molecule has 1 aliphatic rings. The Morgan fingerprint density at radius 3 is 3.11 bits per heavy atom. The van der Waals surface area contributed by atoms with Crippen molar-refractivity contribution in [1.82, 2.24) is 9.97 Å². The van der Waals surface area contributed by atoms with Crippen molar-refractivity contribution in [1.29, 1.82) is 0 Å². The summed E-state index contributed by atoms with van der Waals surface area (Å²) in [7, 11) is 0. The van der Waals surface area contributed by atoms with E-state index in [1.165, 1.54) is 0 Å². The normalized spacial score (nSPS) is 20.3. The zero-order valence-corrected chi connectivity index (χ0v) is 11.2. The van der Waals surface area contributed by atoms with Crippen LogP contribution in [0.5, 0.6) is 0 Å². The number of hydrogen-bond donors (Lipinski definition) is 1. The lowest BCUT2D eigenvalue weighted by Gasteiger charge is -2.34. The van der Waals surface area contributed by atoms with Crippen LogP contribution in [0, 0.1) is 0 Å². The highest BCUT2D eigenvalue weighted by Crippen LogP contribution is 2.28. The molecule has 0 amide bonds. The number of nitrogens with zero attached hydrogens (tertiary/aromatic N) is 3. The maximum atomic E-state index is 5.80. The fourth-order valence-electron chi connectivity index (χ4n) is 2.33. The van der Waals surface area contributed by atoms with Crippen molar-refractivity contribution in [2.45, 2.75) is 13.0 Å². The highest BCUT2D eigenvalue weighted by molar-refractivity contribution is 7.99. The van der Waals surface area contributed by atoms with Crippen LogP contribution in [-0.4, -0.2) is 34.1 Å². The van der Waals surface area contributed by atoms with Gasteiger partial charge in [0.05, 0.1) is 5.52 Å². The van der Waals surface area contributed by atoms with Crippen molar-refractivity contribution < 1.29 is 0 Å². The standard InChI is InChI=1S/C13H16N4S/c1-9-7-18-5-4-17(9)13-11-3-2-10(14)6-12(11)15-8-16-13/h2-3,6,8-9H,4-5,7,14H2,1H3. The maximum absolute atomic E-state index is 5.80. The molecule has 0 aliphatic carbocycles. The molecule has 1 aromatic carbocycles. The molecule has 4 nitrogen and oxygen atoms in total. The second-order valence-corrected chi connectivity index (χ2v) is 5.74. The van der Waals surface area contributed by atoms with Gasteiger partial charge in [0.15, 0.2) is 0 Å². The molecule has 1 aliphatic heterocycles. The number of aromatic nitrogens is 2. The van der Waals surface area contributed by atoms with Crippen LogP contribution in [0.4, 0.5) is 11.5 Å². The molecule has 3 rings (SSSR count). The highest BCUT2D eigenvalue weighted by Gasteiger charge is 2.21. The molecule has 0 spiro atoms. The molecule has 0 saturated carbocycles. The minimum Gasteiger partial charge on any atom is -0.399 e. The van der Waals surface area contributed by atoms with E-state index in [0.717, 1.165) is 40.5 Å². The first-order chi connectivity index (χ1) is 8.75. The number of fused-ring (bicyclic) bond motifs is 1. The quantitative estimate of drug-likeness (QED) is 0.796. The molecule has 1 saturated heterocycles. The van der Waals surface area contributed by atoms with Gasteiger partial charge in [-0.1, -0.05) is 0 Å². The van der Waals surface area contributed by atoms with E-state index < -0.39 is 0 Å². The molecule has 2 N–H and O–H groups in total. The van der Waals surface area contributed by atoms with Gasteiger partial charge in [0.2, 0.25) is 0 Å². The molecular weight excluding hydrogens is 244 g/mol. The lowest BCUT2D eigenvalue weighted by molar-refractivity contribution is 0.692. The van der Waals surface area contributed by atoms with Crippen molar-refractivity contribution >= 4 is 34.2 Å². The Labute approximate surface area is 111 Å². The maximum Gasteiger partial charge on any atom is 0.140 e. The lowest BCUT2D eigenvalue weighted by atomic mass is 10.2. The van der Waals surface area contributed by atoms with Crippen LogP contribution in [0.3, 0.4) is 0 Å². The summed E-state index contributed by atoms with van der Waals surface area (Å²) in [5, 5.41) is 1.09. The van der Waals surface area contributed by atoms with Crippen LogP contribution in [0.1, 0.15) is 6.92 Å². The van der Waals surface area contributed by atoms with Gasteiger partial charge in [0.25, 0.3) is 0 Å². The summed E-state index contributed by atoms with van der Waals surface area (Å²) in [4.78, 5) is 11.1. The molecule has 94 valence electrons. The van der Waals surface area contributed by atoms with E-state index in [4.69, 9.17) is 5.73 Å². The van der Waals surface area contributed by atoms with Gasteiger partial charge in [-0.2, -0.15) is 11.8 Å². The Morgan fingerprint density at radius 2 is 2.28 bits per heavy atom. The van der Waals surface area contributed by atoms with Crippen LogP contribution >= 0.6 is 11.8 Å². The van der Waals surface area contributed by atoms with E-state index in [1.807, 2.05) is 30.0 Å². The summed E-state index contributed by atoms with van der Waals surface area (Å²) in [6.45, 7) is 3.29. The summed E-state index contributed by atoms with van der Waals surface area (Å²) in [5.74, 6) is 3.35. The van der Waals surface area contributed by atoms with Crippen molar-refractivity contribution in [2.75, 3.05) is 28.7 Å². The van der Waals surface area contributed by atoms with Crippen LogP contribution in [0.25, 0.3) is 10.9 Å². The minimum absolute atomic E-state index is 0.513. The molecular formula is C13H16N4S. The van der Waals surface area contributed by atoms with Gasteiger partial charge in [0.1, 0.15) is 12.1 Å². The molecule has 1 atom stereocenters.